The number of para-hydroxylation sites is 1. The van der Waals surface area contributed by atoms with E-state index in [1.807, 2.05) is 47.9 Å². The molecule has 54 heavy (non-hydrogen) atoms. The highest BCUT2D eigenvalue weighted by atomic mass is 32.1. The quantitative estimate of drug-likeness (QED) is 0.178. The van der Waals surface area contributed by atoms with Crippen LogP contribution in [0, 0.1) is 0 Å². The van der Waals surface area contributed by atoms with Crippen LogP contribution in [0.1, 0.15) is 26.3 Å². The van der Waals surface area contributed by atoms with Crippen LogP contribution in [0.4, 0.5) is 0 Å². The van der Waals surface area contributed by atoms with Gasteiger partial charge in [-0.3, -0.25) is 4.98 Å². The summed E-state index contributed by atoms with van der Waals surface area (Å²) in [7, 11) is 0. The molecule has 0 spiro atoms. The zero-order chi connectivity index (χ0) is 36.4. The third kappa shape index (κ3) is 5.54. The summed E-state index contributed by atoms with van der Waals surface area (Å²) < 4.78 is 4.95. The van der Waals surface area contributed by atoms with Crippen molar-refractivity contribution >= 4 is 53.3 Å². The highest BCUT2D eigenvalue weighted by molar-refractivity contribution is 7.25. The highest BCUT2D eigenvalue weighted by Crippen LogP contribution is 2.39. The lowest BCUT2D eigenvalue weighted by Crippen LogP contribution is -2.10. The molecule has 4 heterocycles. The van der Waals surface area contributed by atoms with E-state index in [9.17, 15) is 0 Å². The summed E-state index contributed by atoms with van der Waals surface area (Å²) in [6, 6.07) is 53.7. The molecule has 0 unspecified atom stereocenters. The van der Waals surface area contributed by atoms with E-state index < -0.39 is 0 Å². The highest BCUT2D eigenvalue weighted by Gasteiger charge is 2.19. The second kappa shape index (κ2) is 12.6. The molecular formula is C48H35N5S. The first-order chi connectivity index (χ1) is 26.4. The Morgan fingerprint density at radius 1 is 0.463 bits per heavy atom. The van der Waals surface area contributed by atoms with Gasteiger partial charge < -0.3 is 4.57 Å². The largest absolute Gasteiger partial charge is 0.309 e. The van der Waals surface area contributed by atoms with E-state index in [-0.39, 0.29) is 5.41 Å². The summed E-state index contributed by atoms with van der Waals surface area (Å²) in [5.41, 5.74) is 9.45. The Labute approximate surface area is 317 Å². The van der Waals surface area contributed by atoms with Gasteiger partial charge in [0.15, 0.2) is 17.5 Å². The number of aromatic nitrogens is 5. The molecule has 0 saturated heterocycles. The second-order valence-corrected chi connectivity index (χ2v) is 15.9. The predicted octanol–water partition coefficient (Wildman–Crippen LogP) is 12.7. The van der Waals surface area contributed by atoms with E-state index in [0.29, 0.717) is 23.2 Å². The molecule has 0 aliphatic rings. The van der Waals surface area contributed by atoms with Crippen molar-refractivity contribution in [3.8, 4) is 51.1 Å². The van der Waals surface area contributed by atoms with Crippen LogP contribution in [0.3, 0.4) is 0 Å². The number of pyridine rings is 1. The Bertz CT molecular complexity index is 3020. The van der Waals surface area contributed by atoms with Gasteiger partial charge in [-0.2, -0.15) is 0 Å². The Hall–Kier alpha value is -6.50. The maximum absolute atomic E-state index is 5.04. The number of rotatable bonds is 5. The molecule has 0 bridgehead atoms. The Balaban J connectivity index is 1.12. The smallest absolute Gasteiger partial charge is 0.182 e. The van der Waals surface area contributed by atoms with E-state index >= 15 is 0 Å². The van der Waals surface area contributed by atoms with Crippen LogP contribution in [0.5, 0.6) is 0 Å². The number of fused-ring (bicyclic) bond motifs is 6. The number of thiophene rings is 1. The molecule has 0 atom stereocenters. The normalized spacial score (nSPS) is 12.0. The van der Waals surface area contributed by atoms with Gasteiger partial charge in [0.2, 0.25) is 0 Å². The molecule has 4 aromatic heterocycles. The molecule has 6 aromatic carbocycles. The van der Waals surface area contributed by atoms with E-state index in [4.69, 9.17) is 19.9 Å². The summed E-state index contributed by atoms with van der Waals surface area (Å²) in [4.78, 5) is 19.8. The van der Waals surface area contributed by atoms with Crippen LogP contribution >= 0.6 is 11.3 Å². The molecule has 5 nitrogen and oxygen atoms in total. The van der Waals surface area contributed by atoms with Crippen LogP contribution < -0.4 is 0 Å². The van der Waals surface area contributed by atoms with Crippen LogP contribution in [0.25, 0.3) is 93.1 Å². The molecule has 10 rings (SSSR count). The number of hydrogen-bond acceptors (Lipinski definition) is 5. The van der Waals surface area contributed by atoms with Crippen molar-refractivity contribution in [3.05, 3.63) is 163 Å². The average molecular weight is 714 g/mol. The molecular weight excluding hydrogens is 679 g/mol. The third-order valence-electron chi connectivity index (χ3n) is 10.3. The molecule has 258 valence electrons. The fourth-order valence-electron chi connectivity index (χ4n) is 7.47. The predicted molar refractivity (Wildman–Crippen MR) is 225 cm³/mol. The van der Waals surface area contributed by atoms with Gasteiger partial charge in [-0.05, 0) is 58.5 Å². The van der Waals surface area contributed by atoms with E-state index in [2.05, 4.69) is 147 Å². The third-order valence-corrected chi connectivity index (χ3v) is 11.4. The van der Waals surface area contributed by atoms with Crippen molar-refractivity contribution < 1.29 is 0 Å². The van der Waals surface area contributed by atoms with Crippen LogP contribution in [0.2, 0.25) is 0 Å². The molecule has 0 radical (unpaired) electrons. The Morgan fingerprint density at radius 3 is 1.83 bits per heavy atom. The fourth-order valence-corrected chi connectivity index (χ4v) is 8.62. The second-order valence-electron chi connectivity index (χ2n) is 14.8. The minimum Gasteiger partial charge on any atom is -0.309 e. The van der Waals surface area contributed by atoms with Crippen LogP contribution in [0.15, 0.2) is 158 Å². The summed E-state index contributed by atoms with van der Waals surface area (Å²) in [5, 5.41) is 5.01. The van der Waals surface area contributed by atoms with Gasteiger partial charge in [0, 0.05) is 54.0 Å². The molecule has 0 amide bonds. The van der Waals surface area contributed by atoms with Gasteiger partial charge in [-0.1, -0.05) is 136 Å². The summed E-state index contributed by atoms with van der Waals surface area (Å²) >= 11 is 1.85. The molecule has 0 aliphatic carbocycles. The zero-order valence-electron chi connectivity index (χ0n) is 30.2. The van der Waals surface area contributed by atoms with Crippen molar-refractivity contribution in [2.45, 2.75) is 26.2 Å². The first-order valence-corrected chi connectivity index (χ1v) is 19.0. The molecule has 0 aliphatic heterocycles. The van der Waals surface area contributed by atoms with Crippen LogP contribution in [-0.2, 0) is 5.41 Å². The van der Waals surface area contributed by atoms with Crippen molar-refractivity contribution in [1.29, 1.82) is 0 Å². The summed E-state index contributed by atoms with van der Waals surface area (Å²) in [5.74, 6) is 1.75. The lowest BCUT2D eigenvalue weighted by Gasteiger charge is -2.19. The van der Waals surface area contributed by atoms with Crippen molar-refractivity contribution in [2.24, 2.45) is 0 Å². The van der Waals surface area contributed by atoms with Crippen molar-refractivity contribution in [2.75, 3.05) is 0 Å². The van der Waals surface area contributed by atoms with Gasteiger partial charge in [-0.25, -0.2) is 15.0 Å². The standard InChI is InChI=1S/C48H35N5S/c1-48(2,3)34-21-17-31(18-22-34)46-50-45(30-11-5-4-6-12-30)51-47(52-46)40-29-35(25-26-49-40)53-41-15-9-7-13-36(41)37-23-19-32(27-42(37)53)33-20-24-39-38-14-8-10-16-43(38)54-44(39)28-33/h4-29H,1-3H3. The molecule has 10 aromatic rings. The topological polar surface area (TPSA) is 56.5 Å². The Morgan fingerprint density at radius 2 is 1.06 bits per heavy atom. The first kappa shape index (κ1) is 32.2. The monoisotopic (exact) mass is 713 g/mol. The molecule has 0 saturated carbocycles. The number of nitrogens with zero attached hydrogens (tertiary/aromatic N) is 5. The lowest BCUT2D eigenvalue weighted by atomic mass is 9.87. The average Bonchev–Trinajstić information content (AvgIpc) is 3.76. The Kier molecular flexibility index (Phi) is 7.49. The maximum atomic E-state index is 5.04. The van der Waals surface area contributed by atoms with Gasteiger partial charge in [0.05, 0.1) is 11.0 Å². The number of benzene rings is 6. The van der Waals surface area contributed by atoms with Gasteiger partial charge in [-0.15, -0.1) is 11.3 Å². The van der Waals surface area contributed by atoms with Gasteiger partial charge >= 0.3 is 0 Å². The fraction of sp³-hybridized carbons (Fsp3) is 0.0833. The lowest BCUT2D eigenvalue weighted by molar-refractivity contribution is 0.590. The van der Waals surface area contributed by atoms with Gasteiger partial charge in [0.25, 0.3) is 0 Å². The molecule has 0 fully saturated rings. The van der Waals surface area contributed by atoms with Crippen molar-refractivity contribution in [3.63, 3.8) is 0 Å². The summed E-state index contributed by atoms with van der Waals surface area (Å²) in [6.07, 6.45) is 1.86. The van der Waals surface area contributed by atoms with E-state index in [1.54, 1.807) is 0 Å². The summed E-state index contributed by atoms with van der Waals surface area (Å²) in [6.45, 7) is 6.66. The minimum atomic E-state index is 0.0444. The van der Waals surface area contributed by atoms with E-state index in [1.165, 1.54) is 47.6 Å². The SMILES string of the molecule is CC(C)(C)c1ccc(-c2nc(-c3ccccc3)nc(-c3cc(-n4c5ccccc5c5ccc(-c6ccc7c(c6)sc6ccccc67)cc54)ccn3)n2)cc1. The van der Waals surface area contributed by atoms with Gasteiger partial charge in [0.1, 0.15) is 5.69 Å². The minimum absolute atomic E-state index is 0.0444. The van der Waals surface area contributed by atoms with Crippen LogP contribution in [-0.4, -0.2) is 24.5 Å². The van der Waals surface area contributed by atoms with Crippen molar-refractivity contribution in [1.82, 2.24) is 24.5 Å². The zero-order valence-corrected chi connectivity index (χ0v) is 31.0. The number of hydrogen-bond donors (Lipinski definition) is 0. The molecule has 0 N–H and O–H groups in total. The molecule has 6 heteroatoms. The van der Waals surface area contributed by atoms with E-state index in [0.717, 1.165) is 27.8 Å². The first-order valence-electron chi connectivity index (χ1n) is 18.2. The maximum Gasteiger partial charge on any atom is 0.182 e.